The first-order valence-corrected chi connectivity index (χ1v) is 6.44. The van der Waals surface area contributed by atoms with Crippen molar-refractivity contribution in [2.24, 2.45) is 0 Å². The van der Waals surface area contributed by atoms with Gasteiger partial charge in [0.05, 0.1) is 0 Å². The van der Waals surface area contributed by atoms with E-state index in [-0.39, 0.29) is 0 Å². The van der Waals surface area contributed by atoms with Crippen LogP contribution in [0.1, 0.15) is 44.1 Å². The molecule has 2 aromatic rings. The number of rotatable bonds is 6. The lowest BCUT2D eigenvalue weighted by molar-refractivity contribution is 0.439. The molecule has 1 aromatic heterocycles. The third-order valence-electron chi connectivity index (χ3n) is 3.06. The van der Waals surface area contributed by atoms with E-state index in [0.29, 0.717) is 18.5 Å². The highest BCUT2D eigenvalue weighted by Crippen LogP contribution is 2.22. The Kier molecular flexibility index (Phi) is 4.34. The molecule has 4 nitrogen and oxygen atoms in total. The molecule has 4 heteroatoms. The Hall–Kier alpha value is -1.84. The normalized spacial score (nSPS) is 10.8. The SMILES string of the molecule is CCC(CC)c1nnc(NCc2ccccc2)o1. The second-order valence-electron chi connectivity index (χ2n) is 4.30. The van der Waals surface area contributed by atoms with Gasteiger partial charge in [-0.25, -0.2) is 0 Å². The van der Waals surface area contributed by atoms with Gasteiger partial charge in [0, 0.05) is 12.5 Å². The molecule has 0 aliphatic heterocycles. The topological polar surface area (TPSA) is 51.0 Å². The summed E-state index contributed by atoms with van der Waals surface area (Å²) in [5.74, 6) is 1.10. The van der Waals surface area contributed by atoms with Gasteiger partial charge in [0.1, 0.15) is 0 Å². The Morgan fingerprint density at radius 3 is 2.50 bits per heavy atom. The summed E-state index contributed by atoms with van der Waals surface area (Å²) in [5.41, 5.74) is 1.19. The fourth-order valence-electron chi connectivity index (χ4n) is 1.88. The lowest BCUT2D eigenvalue weighted by Gasteiger charge is -2.05. The van der Waals surface area contributed by atoms with E-state index in [9.17, 15) is 0 Å². The van der Waals surface area contributed by atoms with Crippen molar-refractivity contribution in [3.8, 4) is 0 Å². The fourth-order valence-corrected chi connectivity index (χ4v) is 1.88. The van der Waals surface area contributed by atoms with E-state index in [1.807, 2.05) is 18.2 Å². The molecule has 0 fully saturated rings. The van der Waals surface area contributed by atoms with Gasteiger partial charge >= 0.3 is 6.01 Å². The smallest absolute Gasteiger partial charge is 0.315 e. The van der Waals surface area contributed by atoms with Gasteiger partial charge in [0.15, 0.2) is 0 Å². The number of hydrogen-bond donors (Lipinski definition) is 1. The summed E-state index contributed by atoms with van der Waals surface area (Å²) in [6.45, 7) is 4.97. The summed E-state index contributed by atoms with van der Waals surface area (Å²) >= 11 is 0. The van der Waals surface area contributed by atoms with E-state index < -0.39 is 0 Å². The van der Waals surface area contributed by atoms with Crippen LogP contribution in [0.4, 0.5) is 6.01 Å². The molecule has 0 atom stereocenters. The lowest BCUT2D eigenvalue weighted by atomic mass is 10.0. The third kappa shape index (κ3) is 3.09. The zero-order valence-corrected chi connectivity index (χ0v) is 10.9. The predicted octanol–water partition coefficient (Wildman–Crippen LogP) is 3.59. The van der Waals surface area contributed by atoms with Gasteiger partial charge in [0.2, 0.25) is 5.89 Å². The molecule has 1 aromatic carbocycles. The fraction of sp³-hybridized carbons (Fsp3) is 0.429. The number of nitrogens with zero attached hydrogens (tertiary/aromatic N) is 2. The van der Waals surface area contributed by atoms with Crippen molar-refractivity contribution in [3.05, 3.63) is 41.8 Å². The van der Waals surface area contributed by atoms with Gasteiger partial charge in [-0.3, -0.25) is 0 Å². The van der Waals surface area contributed by atoms with Crippen LogP contribution < -0.4 is 5.32 Å². The van der Waals surface area contributed by atoms with Crippen LogP contribution in [-0.2, 0) is 6.54 Å². The van der Waals surface area contributed by atoms with Crippen LogP contribution in [-0.4, -0.2) is 10.2 Å². The summed E-state index contributed by atoms with van der Waals surface area (Å²) < 4.78 is 5.62. The summed E-state index contributed by atoms with van der Waals surface area (Å²) in [7, 11) is 0. The molecule has 0 spiro atoms. The van der Waals surface area contributed by atoms with Gasteiger partial charge in [-0.05, 0) is 18.4 Å². The minimum absolute atomic E-state index is 0.366. The van der Waals surface area contributed by atoms with Crippen molar-refractivity contribution >= 4 is 6.01 Å². The van der Waals surface area contributed by atoms with Crippen LogP contribution in [0.5, 0.6) is 0 Å². The largest absolute Gasteiger partial charge is 0.408 e. The molecular formula is C14H19N3O. The van der Waals surface area contributed by atoms with E-state index in [2.05, 4.69) is 41.5 Å². The van der Waals surface area contributed by atoms with E-state index in [1.165, 1.54) is 5.56 Å². The second kappa shape index (κ2) is 6.19. The highest BCUT2D eigenvalue weighted by molar-refractivity contribution is 5.23. The Labute approximate surface area is 107 Å². The zero-order valence-electron chi connectivity index (χ0n) is 10.9. The number of nitrogens with one attached hydrogen (secondary N) is 1. The Balaban J connectivity index is 1.95. The summed E-state index contributed by atoms with van der Waals surface area (Å²) in [6, 6.07) is 10.7. The van der Waals surface area contributed by atoms with E-state index in [0.717, 1.165) is 18.7 Å². The molecule has 2 rings (SSSR count). The standard InChI is InChI=1S/C14H19N3O/c1-3-12(4-2)13-16-17-14(18-13)15-10-11-8-6-5-7-9-11/h5-9,12H,3-4,10H2,1-2H3,(H,15,17). The number of anilines is 1. The van der Waals surface area contributed by atoms with Crippen molar-refractivity contribution < 1.29 is 4.42 Å². The molecule has 1 N–H and O–H groups in total. The summed E-state index contributed by atoms with van der Waals surface area (Å²) in [4.78, 5) is 0. The van der Waals surface area contributed by atoms with Gasteiger partial charge in [-0.15, -0.1) is 5.10 Å². The molecule has 96 valence electrons. The Bertz CT molecular complexity index is 463. The van der Waals surface area contributed by atoms with Crippen LogP contribution in [0.15, 0.2) is 34.7 Å². The third-order valence-corrected chi connectivity index (χ3v) is 3.06. The molecule has 0 bridgehead atoms. The van der Waals surface area contributed by atoms with Crippen molar-refractivity contribution in [2.45, 2.75) is 39.2 Å². The van der Waals surface area contributed by atoms with Crippen LogP contribution in [0.2, 0.25) is 0 Å². The predicted molar refractivity (Wildman–Crippen MR) is 71.4 cm³/mol. The van der Waals surface area contributed by atoms with Crippen LogP contribution >= 0.6 is 0 Å². The van der Waals surface area contributed by atoms with Crippen LogP contribution in [0.3, 0.4) is 0 Å². The number of benzene rings is 1. The molecular weight excluding hydrogens is 226 g/mol. The Morgan fingerprint density at radius 1 is 1.11 bits per heavy atom. The van der Waals surface area contributed by atoms with Crippen molar-refractivity contribution in [3.63, 3.8) is 0 Å². The first-order chi connectivity index (χ1) is 8.83. The van der Waals surface area contributed by atoms with Crippen molar-refractivity contribution in [2.75, 3.05) is 5.32 Å². The quantitative estimate of drug-likeness (QED) is 0.845. The van der Waals surface area contributed by atoms with Crippen molar-refractivity contribution in [1.82, 2.24) is 10.2 Å². The average molecular weight is 245 g/mol. The molecule has 0 radical (unpaired) electrons. The van der Waals surface area contributed by atoms with Crippen LogP contribution in [0.25, 0.3) is 0 Å². The zero-order chi connectivity index (χ0) is 12.8. The number of aromatic nitrogens is 2. The molecule has 0 unspecified atom stereocenters. The maximum Gasteiger partial charge on any atom is 0.315 e. The van der Waals surface area contributed by atoms with Gasteiger partial charge in [0.25, 0.3) is 0 Å². The second-order valence-corrected chi connectivity index (χ2v) is 4.30. The molecule has 0 saturated heterocycles. The number of hydrogen-bond acceptors (Lipinski definition) is 4. The molecule has 0 saturated carbocycles. The van der Waals surface area contributed by atoms with E-state index >= 15 is 0 Å². The maximum atomic E-state index is 5.62. The first kappa shape index (κ1) is 12.6. The summed E-state index contributed by atoms with van der Waals surface area (Å²) in [5, 5.41) is 11.3. The highest BCUT2D eigenvalue weighted by atomic mass is 16.4. The highest BCUT2D eigenvalue weighted by Gasteiger charge is 2.14. The lowest BCUT2D eigenvalue weighted by Crippen LogP contribution is -1.99. The molecule has 0 aliphatic rings. The van der Waals surface area contributed by atoms with E-state index in [1.54, 1.807) is 0 Å². The summed E-state index contributed by atoms with van der Waals surface area (Å²) in [6.07, 6.45) is 2.05. The monoisotopic (exact) mass is 245 g/mol. The van der Waals surface area contributed by atoms with Crippen molar-refractivity contribution in [1.29, 1.82) is 0 Å². The minimum Gasteiger partial charge on any atom is -0.408 e. The van der Waals surface area contributed by atoms with Crippen LogP contribution in [0, 0.1) is 0 Å². The Morgan fingerprint density at radius 2 is 1.83 bits per heavy atom. The van der Waals surface area contributed by atoms with Gasteiger partial charge < -0.3 is 9.73 Å². The molecule has 1 heterocycles. The first-order valence-electron chi connectivity index (χ1n) is 6.44. The minimum atomic E-state index is 0.366. The average Bonchev–Trinajstić information content (AvgIpc) is 2.88. The molecule has 0 amide bonds. The van der Waals surface area contributed by atoms with E-state index in [4.69, 9.17) is 4.42 Å². The van der Waals surface area contributed by atoms with Gasteiger partial charge in [-0.1, -0.05) is 49.3 Å². The molecule has 18 heavy (non-hydrogen) atoms. The maximum absolute atomic E-state index is 5.62. The van der Waals surface area contributed by atoms with Gasteiger partial charge in [-0.2, -0.15) is 0 Å². The molecule has 0 aliphatic carbocycles.